The summed E-state index contributed by atoms with van der Waals surface area (Å²) < 4.78 is 26.9. The minimum atomic E-state index is -3.15. The Bertz CT molecular complexity index is 200. The molecule has 2 N–H and O–H groups in total. The lowest BCUT2D eigenvalue weighted by molar-refractivity contribution is 0.0531. The van der Waals surface area contributed by atoms with Gasteiger partial charge in [0, 0.05) is 6.61 Å². The van der Waals surface area contributed by atoms with Gasteiger partial charge in [-0.15, -0.1) is 0 Å². The van der Waals surface area contributed by atoms with Crippen molar-refractivity contribution in [2.45, 2.75) is 26.4 Å². The maximum atomic E-state index is 11.8. The molecule has 0 amide bonds. The van der Waals surface area contributed by atoms with Crippen LogP contribution in [-0.2, 0) is 18.3 Å². The van der Waals surface area contributed by atoms with Gasteiger partial charge in [0.2, 0.25) is 0 Å². The molecule has 0 saturated carbocycles. The van der Waals surface area contributed by atoms with Crippen LogP contribution < -0.4 is 0 Å². The second kappa shape index (κ2) is 9.10. The molecular formula is C9H21O6P. The van der Waals surface area contributed by atoms with E-state index in [4.69, 9.17) is 24.0 Å². The van der Waals surface area contributed by atoms with Gasteiger partial charge in [-0.2, -0.15) is 0 Å². The normalized spacial score (nSPS) is 14.0. The summed E-state index contributed by atoms with van der Waals surface area (Å²) in [7, 11) is -3.15. The number of ether oxygens (including phenoxy) is 1. The van der Waals surface area contributed by atoms with Crippen LogP contribution >= 0.6 is 7.60 Å². The SMILES string of the molecule is CCOP(=O)(COCCC(O)CO)OCC. The standard InChI is InChI=1S/C9H21O6P/c1-3-14-16(12,15-4-2)8-13-6-5-9(11)7-10/h9-11H,3-8H2,1-2H3. The first-order valence-electron chi connectivity index (χ1n) is 5.32. The topological polar surface area (TPSA) is 85.2 Å². The Morgan fingerprint density at radius 3 is 2.25 bits per heavy atom. The Hall–Kier alpha value is 0.0300. The van der Waals surface area contributed by atoms with E-state index in [1.54, 1.807) is 13.8 Å². The summed E-state index contributed by atoms with van der Waals surface area (Å²) >= 11 is 0. The maximum absolute atomic E-state index is 11.8. The molecule has 0 fully saturated rings. The fraction of sp³-hybridized carbons (Fsp3) is 1.00. The lowest BCUT2D eigenvalue weighted by Gasteiger charge is -2.17. The third-order valence-electron chi connectivity index (χ3n) is 1.71. The first-order valence-corrected chi connectivity index (χ1v) is 7.05. The van der Waals surface area contributed by atoms with Crippen molar-refractivity contribution < 1.29 is 28.6 Å². The van der Waals surface area contributed by atoms with Crippen LogP contribution in [0.25, 0.3) is 0 Å². The van der Waals surface area contributed by atoms with Gasteiger partial charge in [0.05, 0.1) is 25.9 Å². The van der Waals surface area contributed by atoms with E-state index in [2.05, 4.69) is 0 Å². The van der Waals surface area contributed by atoms with Crippen molar-refractivity contribution in [1.82, 2.24) is 0 Å². The number of hydrogen-bond acceptors (Lipinski definition) is 6. The molecule has 0 bridgehead atoms. The quantitative estimate of drug-likeness (QED) is 0.447. The van der Waals surface area contributed by atoms with Gasteiger partial charge in [-0.05, 0) is 20.3 Å². The zero-order chi connectivity index (χ0) is 12.4. The predicted molar refractivity (Wildman–Crippen MR) is 59.4 cm³/mol. The monoisotopic (exact) mass is 256 g/mol. The molecule has 0 aliphatic rings. The van der Waals surface area contributed by atoms with Gasteiger partial charge < -0.3 is 24.0 Å². The fourth-order valence-electron chi connectivity index (χ4n) is 0.992. The predicted octanol–water partition coefficient (Wildman–Crippen LogP) is 0.970. The largest absolute Gasteiger partial charge is 0.394 e. The van der Waals surface area contributed by atoms with Crippen molar-refractivity contribution in [3.05, 3.63) is 0 Å². The molecule has 7 heteroatoms. The van der Waals surface area contributed by atoms with E-state index in [0.717, 1.165) is 0 Å². The van der Waals surface area contributed by atoms with Crippen LogP contribution in [0.1, 0.15) is 20.3 Å². The van der Waals surface area contributed by atoms with Gasteiger partial charge in [0.1, 0.15) is 6.35 Å². The summed E-state index contributed by atoms with van der Waals surface area (Å²) in [6, 6.07) is 0. The van der Waals surface area contributed by atoms with Crippen molar-refractivity contribution >= 4 is 7.60 Å². The minimum absolute atomic E-state index is 0.132. The average molecular weight is 256 g/mol. The van der Waals surface area contributed by atoms with Crippen molar-refractivity contribution in [3.8, 4) is 0 Å². The maximum Gasteiger partial charge on any atom is 0.356 e. The summed E-state index contributed by atoms with van der Waals surface area (Å²) in [5, 5.41) is 17.6. The highest BCUT2D eigenvalue weighted by atomic mass is 31.2. The highest BCUT2D eigenvalue weighted by Crippen LogP contribution is 2.47. The van der Waals surface area contributed by atoms with E-state index in [0.29, 0.717) is 13.2 Å². The minimum Gasteiger partial charge on any atom is -0.394 e. The van der Waals surface area contributed by atoms with Gasteiger partial charge in [0.15, 0.2) is 0 Å². The molecule has 1 atom stereocenters. The Labute approximate surface area is 96.1 Å². The van der Waals surface area contributed by atoms with Crippen LogP contribution in [0.4, 0.5) is 0 Å². The second-order valence-electron chi connectivity index (χ2n) is 3.11. The summed E-state index contributed by atoms with van der Waals surface area (Å²) in [4.78, 5) is 0. The van der Waals surface area contributed by atoms with Crippen molar-refractivity contribution in [1.29, 1.82) is 0 Å². The molecule has 0 rings (SSSR count). The highest BCUT2D eigenvalue weighted by molar-refractivity contribution is 7.53. The summed E-state index contributed by atoms with van der Waals surface area (Å²) in [5.74, 6) is 0. The molecule has 0 spiro atoms. The Kier molecular flexibility index (Phi) is 9.12. The van der Waals surface area contributed by atoms with Crippen LogP contribution in [0.5, 0.6) is 0 Å². The summed E-state index contributed by atoms with van der Waals surface area (Å²) in [6.45, 7) is 3.92. The van der Waals surface area contributed by atoms with Crippen LogP contribution in [-0.4, -0.2) is 49.1 Å². The van der Waals surface area contributed by atoms with Crippen LogP contribution in [0, 0.1) is 0 Å². The molecule has 6 nitrogen and oxygen atoms in total. The Morgan fingerprint density at radius 2 is 1.81 bits per heavy atom. The van der Waals surface area contributed by atoms with Crippen molar-refractivity contribution in [2.75, 3.05) is 32.8 Å². The molecule has 1 unspecified atom stereocenters. The molecule has 0 aliphatic heterocycles. The van der Waals surface area contributed by atoms with Gasteiger partial charge in [0.25, 0.3) is 0 Å². The highest BCUT2D eigenvalue weighted by Gasteiger charge is 2.23. The first-order chi connectivity index (χ1) is 7.58. The molecule has 0 saturated heterocycles. The zero-order valence-electron chi connectivity index (χ0n) is 9.79. The van der Waals surface area contributed by atoms with Gasteiger partial charge >= 0.3 is 7.60 Å². The fourth-order valence-corrected chi connectivity index (χ4v) is 2.36. The van der Waals surface area contributed by atoms with Gasteiger partial charge in [-0.1, -0.05) is 0 Å². The van der Waals surface area contributed by atoms with Crippen LogP contribution in [0.2, 0.25) is 0 Å². The molecule has 0 heterocycles. The average Bonchev–Trinajstić information content (AvgIpc) is 2.25. The lowest BCUT2D eigenvalue weighted by Crippen LogP contribution is -2.15. The van der Waals surface area contributed by atoms with E-state index in [9.17, 15) is 4.57 Å². The molecular weight excluding hydrogens is 235 g/mol. The Balaban J connectivity index is 3.80. The Morgan fingerprint density at radius 1 is 1.25 bits per heavy atom. The number of aliphatic hydroxyl groups excluding tert-OH is 2. The molecule has 0 radical (unpaired) electrons. The molecule has 0 aromatic rings. The summed E-state index contributed by atoms with van der Waals surface area (Å²) in [6.07, 6.45) is -0.653. The number of hydrogen-bond donors (Lipinski definition) is 2. The van der Waals surface area contributed by atoms with Crippen LogP contribution in [0.15, 0.2) is 0 Å². The second-order valence-corrected chi connectivity index (χ2v) is 5.11. The molecule has 0 aromatic carbocycles. The smallest absolute Gasteiger partial charge is 0.356 e. The van der Waals surface area contributed by atoms with E-state index < -0.39 is 13.7 Å². The van der Waals surface area contributed by atoms with E-state index in [-0.39, 0.29) is 26.0 Å². The van der Waals surface area contributed by atoms with E-state index in [1.165, 1.54) is 0 Å². The van der Waals surface area contributed by atoms with Crippen molar-refractivity contribution in [3.63, 3.8) is 0 Å². The van der Waals surface area contributed by atoms with Crippen LogP contribution in [0.3, 0.4) is 0 Å². The lowest BCUT2D eigenvalue weighted by atomic mass is 10.3. The molecule has 0 aromatic heterocycles. The number of rotatable bonds is 10. The van der Waals surface area contributed by atoms with Gasteiger partial charge in [-0.3, -0.25) is 4.57 Å². The third kappa shape index (κ3) is 7.33. The number of aliphatic hydroxyl groups is 2. The van der Waals surface area contributed by atoms with E-state index >= 15 is 0 Å². The summed E-state index contributed by atoms with van der Waals surface area (Å²) in [5.41, 5.74) is 0. The van der Waals surface area contributed by atoms with Crippen molar-refractivity contribution in [2.24, 2.45) is 0 Å². The molecule has 16 heavy (non-hydrogen) atoms. The third-order valence-corrected chi connectivity index (χ3v) is 3.51. The molecule has 0 aliphatic carbocycles. The molecule has 98 valence electrons. The van der Waals surface area contributed by atoms with Gasteiger partial charge in [-0.25, -0.2) is 0 Å². The first kappa shape index (κ1) is 16.0. The van der Waals surface area contributed by atoms with E-state index in [1.807, 2.05) is 0 Å². The zero-order valence-corrected chi connectivity index (χ0v) is 10.7.